The van der Waals surface area contributed by atoms with Gasteiger partial charge in [-0.25, -0.2) is 9.18 Å². The van der Waals surface area contributed by atoms with E-state index >= 15 is 0 Å². The molecule has 1 aromatic rings. The number of halogens is 1. The highest BCUT2D eigenvalue weighted by molar-refractivity contribution is 5.85. The van der Waals surface area contributed by atoms with Gasteiger partial charge in [0.25, 0.3) is 0 Å². The molecule has 3 rings (SSSR count). The lowest BCUT2D eigenvalue weighted by atomic mass is 10.1. The summed E-state index contributed by atoms with van der Waals surface area (Å²) in [7, 11) is 0. The Morgan fingerprint density at radius 2 is 2.05 bits per heavy atom. The number of carbonyl (C=O) groups is 2. The number of hydrogen-bond acceptors (Lipinski definition) is 3. The van der Waals surface area contributed by atoms with E-state index in [9.17, 15) is 14.0 Å². The number of nitrogens with zero attached hydrogens (tertiary/aromatic N) is 2. The fourth-order valence-corrected chi connectivity index (χ4v) is 2.99. The van der Waals surface area contributed by atoms with Gasteiger partial charge >= 0.3 is 5.97 Å². The van der Waals surface area contributed by atoms with E-state index in [4.69, 9.17) is 5.11 Å². The summed E-state index contributed by atoms with van der Waals surface area (Å²) in [6.07, 6.45) is 0.760. The van der Waals surface area contributed by atoms with Gasteiger partial charge in [-0.2, -0.15) is 0 Å². The van der Waals surface area contributed by atoms with Crippen LogP contribution < -0.4 is 4.90 Å². The van der Waals surface area contributed by atoms with Crippen LogP contribution in [0.2, 0.25) is 0 Å². The summed E-state index contributed by atoms with van der Waals surface area (Å²) >= 11 is 0. The first kappa shape index (κ1) is 13.9. The molecule has 6 heteroatoms. The van der Waals surface area contributed by atoms with E-state index in [0.717, 1.165) is 18.7 Å². The number of likely N-dealkylation sites (tertiary alicyclic amines) is 1. The largest absolute Gasteiger partial charge is 0.479 e. The number of hydrogen-bond donors (Lipinski definition) is 1. The molecule has 2 heterocycles. The molecule has 0 bridgehead atoms. The molecule has 5 nitrogen and oxygen atoms in total. The second kappa shape index (κ2) is 5.02. The molecule has 2 aliphatic rings. The molecule has 0 radical (unpaired) electrons. The zero-order chi connectivity index (χ0) is 15.0. The summed E-state index contributed by atoms with van der Waals surface area (Å²) in [6, 6.07) is 7.90. The molecule has 1 amide bonds. The van der Waals surface area contributed by atoms with Crippen LogP contribution >= 0.6 is 0 Å². The fourth-order valence-electron chi connectivity index (χ4n) is 2.99. The highest BCUT2D eigenvalue weighted by atomic mass is 19.1. The molecule has 0 aliphatic carbocycles. The second-order valence-electron chi connectivity index (χ2n) is 5.64. The smallest absolute Gasteiger partial charge is 0.343 e. The molecular formula is C15H17FN2O3. The summed E-state index contributed by atoms with van der Waals surface area (Å²) in [6.45, 7) is 0.749. The molecule has 1 unspecified atom stereocenters. The van der Waals surface area contributed by atoms with Crippen LogP contribution in [0.25, 0.3) is 0 Å². The van der Waals surface area contributed by atoms with Crippen molar-refractivity contribution in [2.24, 2.45) is 0 Å². The molecule has 1 saturated heterocycles. The quantitative estimate of drug-likeness (QED) is 0.905. The van der Waals surface area contributed by atoms with E-state index in [2.05, 4.69) is 0 Å². The number of carbonyl (C=O) groups excluding carboxylic acids is 1. The van der Waals surface area contributed by atoms with Gasteiger partial charge in [-0.05, 0) is 18.1 Å². The number of aliphatic carboxylic acids is 1. The minimum atomic E-state index is -2.29. The molecule has 1 atom stereocenters. The Kier molecular flexibility index (Phi) is 3.31. The molecular weight excluding hydrogens is 275 g/mol. The number of alkyl halides is 1. The van der Waals surface area contributed by atoms with E-state index in [1.165, 1.54) is 10.5 Å². The third-order valence-electron chi connectivity index (χ3n) is 4.26. The van der Waals surface area contributed by atoms with Crippen molar-refractivity contribution >= 4 is 17.6 Å². The second-order valence-corrected chi connectivity index (χ2v) is 5.64. The predicted octanol–water partition coefficient (Wildman–Crippen LogP) is 1.07. The number of para-hydroxylation sites is 1. The number of fused-ring (bicyclic) bond motifs is 1. The standard InChI is InChI=1S/C15H17FN2O3/c16-15(14(20)21)6-8-18(10-15)13(19)9-17-7-5-11-3-1-2-4-12(11)17/h1-4H,5-10H2,(H,20,21). The van der Waals surface area contributed by atoms with E-state index in [-0.39, 0.29) is 32.0 Å². The van der Waals surface area contributed by atoms with Crippen molar-refractivity contribution in [1.29, 1.82) is 0 Å². The lowest BCUT2D eigenvalue weighted by Gasteiger charge is -2.23. The number of benzene rings is 1. The first-order valence-corrected chi connectivity index (χ1v) is 7.02. The Morgan fingerprint density at radius 3 is 2.76 bits per heavy atom. The first-order chi connectivity index (χ1) is 9.99. The van der Waals surface area contributed by atoms with Crippen molar-refractivity contribution in [1.82, 2.24) is 4.90 Å². The highest BCUT2D eigenvalue weighted by Crippen LogP contribution is 2.29. The summed E-state index contributed by atoms with van der Waals surface area (Å²) in [4.78, 5) is 26.4. The molecule has 2 aliphatic heterocycles. The first-order valence-electron chi connectivity index (χ1n) is 7.02. The van der Waals surface area contributed by atoms with E-state index in [1.54, 1.807) is 0 Å². The van der Waals surface area contributed by atoms with Gasteiger partial charge in [-0.1, -0.05) is 18.2 Å². The summed E-state index contributed by atoms with van der Waals surface area (Å²) in [5, 5.41) is 8.86. The summed E-state index contributed by atoms with van der Waals surface area (Å²) < 4.78 is 14.0. The molecule has 0 spiro atoms. The van der Waals surface area contributed by atoms with Gasteiger partial charge < -0.3 is 14.9 Å². The van der Waals surface area contributed by atoms with Gasteiger partial charge in [0.15, 0.2) is 0 Å². The molecule has 21 heavy (non-hydrogen) atoms. The van der Waals surface area contributed by atoms with Crippen LogP contribution in [0.4, 0.5) is 10.1 Å². The number of carboxylic acid groups (broad SMARTS) is 1. The number of amides is 1. The average Bonchev–Trinajstić information content (AvgIpc) is 3.05. The zero-order valence-electron chi connectivity index (χ0n) is 11.6. The van der Waals surface area contributed by atoms with E-state index in [0.29, 0.717) is 0 Å². The zero-order valence-corrected chi connectivity index (χ0v) is 11.6. The van der Waals surface area contributed by atoms with Crippen LogP contribution in [0, 0.1) is 0 Å². The molecule has 0 aromatic heterocycles. The van der Waals surface area contributed by atoms with Gasteiger partial charge in [0.1, 0.15) is 0 Å². The predicted molar refractivity (Wildman–Crippen MR) is 75.0 cm³/mol. The molecule has 0 saturated carbocycles. The molecule has 1 fully saturated rings. The lowest BCUT2D eigenvalue weighted by molar-refractivity contribution is -0.150. The van der Waals surface area contributed by atoms with Crippen LogP contribution in [-0.2, 0) is 16.0 Å². The van der Waals surface area contributed by atoms with Crippen molar-refractivity contribution in [3.63, 3.8) is 0 Å². The van der Waals surface area contributed by atoms with Crippen LogP contribution in [-0.4, -0.2) is 53.7 Å². The van der Waals surface area contributed by atoms with Crippen molar-refractivity contribution < 1.29 is 19.1 Å². The number of carboxylic acids is 1. The molecule has 1 aromatic carbocycles. The van der Waals surface area contributed by atoms with Crippen LogP contribution in [0.5, 0.6) is 0 Å². The Morgan fingerprint density at radius 1 is 1.29 bits per heavy atom. The lowest BCUT2D eigenvalue weighted by Crippen LogP contribution is -2.42. The maximum atomic E-state index is 14.0. The van der Waals surface area contributed by atoms with Crippen molar-refractivity contribution in [3.8, 4) is 0 Å². The van der Waals surface area contributed by atoms with Crippen molar-refractivity contribution in [3.05, 3.63) is 29.8 Å². The maximum absolute atomic E-state index is 14.0. The highest BCUT2D eigenvalue weighted by Gasteiger charge is 2.47. The topological polar surface area (TPSA) is 60.9 Å². The van der Waals surface area contributed by atoms with Gasteiger partial charge in [0, 0.05) is 25.2 Å². The van der Waals surface area contributed by atoms with Crippen molar-refractivity contribution in [2.45, 2.75) is 18.5 Å². The minimum Gasteiger partial charge on any atom is -0.479 e. The monoisotopic (exact) mass is 292 g/mol. The minimum absolute atomic E-state index is 0.134. The third kappa shape index (κ3) is 2.46. The molecule has 112 valence electrons. The van der Waals surface area contributed by atoms with E-state index < -0.39 is 11.6 Å². The SMILES string of the molecule is O=C(CN1CCc2ccccc21)N1CCC(F)(C(=O)O)C1. The summed E-state index contributed by atoms with van der Waals surface area (Å²) in [5.41, 5.74) is -0.0506. The van der Waals surface area contributed by atoms with Crippen LogP contribution in [0.3, 0.4) is 0 Å². The fraction of sp³-hybridized carbons (Fsp3) is 0.467. The van der Waals surface area contributed by atoms with E-state index in [1.807, 2.05) is 29.2 Å². The normalized spacial score (nSPS) is 24.2. The Balaban J connectivity index is 1.65. The van der Waals surface area contributed by atoms with Gasteiger partial charge in [-0.3, -0.25) is 4.79 Å². The Bertz CT molecular complexity index is 592. The Hall–Kier alpha value is -2.11. The maximum Gasteiger partial charge on any atom is 0.343 e. The number of rotatable bonds is 3. The van der Waals surface area contributed by atoms with Gasteiger partial charge in [0.2, 0.25) is 11.6 Å². The van der Waals surface area contributed by atoms with Gasteiger partial charge in [-0.15, -0.1) is 0 Å². The van der Waals surface area contributed by atoms with Gasteiger partial charge in [0.05, 0.1) is 13.1 Å². The van der Waals surface area contributed by atoms with Crippen LogP contribution in [0.1, 0.15) is 12.0 Å². The Labute approximate surface area is 122 Å². The van der Waals surface area contributed by atoms with Crippen molar-refractivity contribution in [2.75, 3.05) is 31.1 Å². The average molecular weight is 292 g/mol. The third-order valence-corrected chi connectivity index (χ3v) is 4.26. The molecule has 1 N–H and O–H groups in total. The number of anilines is 1. The summed E-state index contributed by atoms with van der Waals surface area (Å²) in [5.74, 6) is -1.70. The van der Waals surface area contributed by atoms with Crippen LogP contribution in [0.15, 0.2) is 24.3 Å².